The van der Waals surface area contributed by atoms with Gasteiger partial charge in [0.2, 0.25) is 5.91 Å². The first-order valence-electron chi connectivity index (χ1n) is 6.68. The van der Waals surface area contributed by atoms with Crippen LogP contribution in [0.4, 0.5) is 0 Å². The van der Waals surface area contributed by atoms with Gasteiger partial charge in [0.15, 0.2) is 0 Å². The SMILES string of the molecule is CNC(C(=O)NC(C=O)Cc1cccc(O)c1)C(C)C. The van der Waals surface area contributed by atoms with Crippen LogP contribution in [-0.2, 0) is 16.0 Å². The zero-order chi connectivity index (χ0) is 15.1. The van der Waals surface area contributed by atoms with E-state index in [1.165, 1.54) is 0 Å². The van der Waals surface area contributed by atoms with Gasteiger partial charge in [0.1, 0.15) is 12.0 Å². The standard InChI is InChI=1S/C15H22N2O3/c1-10(2)14(16-3)15(20)17-12(9-18)7-11-5-4-6-13(19)8-11/h4-6,8-10,12,14,16,19H,7H2,1-3H3,(H,17,20). The second-order valence-electron chi connectivity index (χ2n) is 5.14. The third kappa shape index (κ3) is 4.66. The number of nitrogens with one attached hydrogen (secondary N) is 2. The number of benzene rings is 1. The minimum absolute atomic E-state index is 0.132. The van der Waals surface area contributed by atoms with Gasteiger partial charge in [-0.05, 0) is 37.1 Å². The van der Waals surface area contributed by atoms with Crippen LogP contribution in [0.3, 0.4) is 0 Å². The summed E-state index contributed by atoms with van der Waals surface area (Å²) in [4.78, 5) is 23.2. The second-order valence-corrected chi connectivity index (χ2v) is 5.14. The Morgan fingerprint density at radius 3 is 2.60 bits per heavy atom. The van der Waals surface area contributed by atoms with E-state index >= 15 is 0 Å². The van der Waals surface area contributed by atoms with Gasteiger partial charge >= 0.3 is 0 Å². The molecule has 1 aromatic rings. The van der Waals surface area contributed by atoms with Crippen molar-refractivity contribution in [3.63, 3.8) is 0 Å². The number of phenols is 1. The predicted octanol–water partition coefficient (Wildman–Crippen LogP) is 0.862. The first-order valence-corrected chi connectivity index (χ1v) is 6.68. The molecule has 20 heavy (non-hydrogen) atoms. The van der Waals surface area contributed by atoms with Gasteiger partial charge < -0.3 is 20.5 Å². The molecule has 0 spiro atoms. The summed E-state index contributed by atoms with van der Waals surface area (Å²) >= 11 is 0. The Kier molecular flexibility index (Phi) is 6.18. The highest BCUT2D eigenvalue weighted by Gasteiger charge is 2.22. The van der Waals surface area contributed by atoms with Crippen molar-refractivity contribution in [1.82, 2.24) is 10.6 Å². The zero-order valence-corrected chi connectivity index (χ0v) is 12.1. The molecule has 1 rings (SSSR count). The van der Waals surface area contributed by atoms with Crippen LogP contribution < -0.4 is 10.6 Å². The number of likely N-dealkylation sites (N-methyl/N-ethyl adjacent to an activating group) is 1. The van der Waals surface area contributed by atoms with Crippen LogP contribution in [0.5, 0.6) is 5.75 Å². The molecule has 0 aromatic heterocycles. The van der Waals surface area contributed by atoms with Crippen molar-refractivity contribution < 1.29 is 14.7 Å². The van der Waals surface area contributed by atoms with E-state index in [4.69, 9.17) is 0 Å². The lowest BCUT2D eigenvalue weighted by atomic mass is 10.0. The molecule has 2 atom stereocenters. The second kappa shape index (κ2) is 7.65. The fourth-order valence-corrected chi connectivity index (χ4v) is 2.11. The maximum absolute atomic E-state index is 12.1. The van der Waals surface area contributed by atoms with E-state index in [1.54, 1.807) is 31.3 Å². The Bertz CT molecular complexity index is 460. The highest BCUT2D eigenvalue weighted by Crippen LogP contribution is 2.12. The number of aldehydes is 1. The first-order chi connectivity index (χ1) is 9.47. The lowest BCUT2D eigenvalue weighted by Gasteiger charge is -2.22. The van der Waals surface area contributed by atoms with Crippen LogP contribution in [0.15, 0.2) is 24.3 Å². The Morgan fingerprint density at radius 2 is 2.10 bits per heavy atom. The van der Waals surface area contributed by atoms with E-state index in [-0.39, 0.29) is 23.6 Å². The number of hydrogen-bond donors (Lipinski definition) is 3. The molecule has 0 fully saturated rings. The fourth-order valence-electron chi connectivity index (χ4n) is 2.11. The van der Waals surface area contributed by atoms with E-state index in [0.29, 0.717) is 6.42 Å². The van der Waals surface area contributed by atoms with Gasteiger partial charge in [0, 0.05) is 0 Å². The van der Waals surface area contributed by atoms with E-state index in [2.05, 4.69) is 10.6 Å². The summed E-state index contributed by atoms with van der Waals surface area (Å²) in [7, 11) is 1.72. The van der Waals surface area contributed by atoms with E-state index in [1.807, 2.05) is 13.8 Å². The van der Waals surface area contributed by atoms with Crippen molar-refractivity contribution in [2.45, 2.75) is 32.4 Å². The highest BCUT2D eigenvalue weighted by atomic mass is 16.3. The Hall–Kier alpha value is -1.88. The van der Waals surface area contributed by atoms with Crippen LogP contribution in [-0.4, -0.2) is 36.4 Å². The molecule has 0 saturated carbocycles. The van der Waals surface area contributed by atoms with E-state index in [0.717, 1.165) is 11.8 Å². The molecule has 2 unspecified atom stereocenters. The van der Waals surface area contributed by atoms with Gasteiger partial charge in [-0.3, -0.25) is 4.79 Å². The molecule has 0 aliphatic heterocycles. The molecule has 1 amide bonds. The monoisotopic (exact) mass is 278 g/mol. The van der Waals surface area contributed by atoms with Gasteiger partial charge in [0.25, 0.3) is 0 Å². The van der Waals surface area contributed by atoms with Crippen LogP contribution in [0.1, 0.15) is 19.4 Å². The summed E-state index contributed by atoms with van der Waals surface area (Å²) in [6.07, 6.45) is 1.08. The van der Waals surface area contributed by atoms with Gasteiger partial charge in [-0.25, -0.2) is 0 Å². The molecule has 3 N–H and O–H groups in total. The van der Waals surface area contributed by atoms with Crippen LogP contribution in [0.2, 0.25) is 0 Å². The third-order valence-corrected chi connectivity index (χ3v) is 3.12. The molecule has 0 bridgehead atoms. The molecule has 5 nitrogen and oxygen atoms in total. The molecular formula is C15H22N2O3. The summed E-state index contributed by atoms with van der Waals surface area (Å²) in [6, 6.07) is 5.73. The average Bonchev–Trinajstić information content (AvgIpc) is 2.38. The Morgan fingerprint density at radius 1 is 1.40 bits per heavy atom. The molecule has 5 heteroatoms. The summed E-state index contributed by atoms with van der Waals surface area (Å²) < 4.78 is 0. The van der Waals surface area contributed by atoms with E-state index < -0.39 is 6.04 Å². The lowest BCUT2D eigenvalue weighted by Crippen LogP contribution is -2.50. The van der Waals surface area contributed by atoms with E-state index in [9.17, 15) is 14.7 Å². The highest BCUT2D eigenvalue weighted by molar-refractivity contribution is 5.84. The number of rotatable bonds is 7. The quantitative estimate of drug-likeness (QED) is 0.647. The van der Waals surface area contributed by atoms with Crippen molar-refractivity contribution >= 4 is 12.2 Å². The zero-order valence-electron chi connectivity index (χ0n) is 12.1. The predicted molar refractivity (Wildman–Crippen MR) is 77.5 cm³/mol. The summed E-state index contributed by atoms with van der Waals surface area (Å²) in [5, 5.41) is 15.0. The molecule has 110 valence electrons. The average molecular weight is 278 g/mol. The van der Waals surface area contributed by atoms with Crippen LogP contribution in [0, 0.1) is 5.92 Å². The smallest absolute Gasteiger partial charge is 0.237 e. The minimum Gasteiger partial charge on any atom is -0.508 e. The maximum Gasteiger partial charge on any atom is 0.237 e. The van der Waals surface area contributed by atoms with Crippen molar-refractivity contribution in [1.29, 1.82) is 0 Å². The number of carbonyl (C=O) groups is 2. The van der Waals surface area contributed by atoms with Crippen LogP contribution >= 0.6 is 0 Å². The molecular weight excluding hydrogens is 256 g/mol. The van der Waals surface area contributed by atoms with Gasteiger partial charge in [-0.15, -0.1) is 0 Å². The minimum atomic E-state index is -0.598. The summed E-state index contributed by atoms with van der Waals surface area (Å²) in [5.41, 5.74) is 0.799. The molecule has 0 aliphatic rings. The maximum atomic E-state index is 12.1. The van der Waals surface area contributed by atoms with Crippen molar-refractivity contribution in [2.24, 2.45) is 5.92 Å². The molecule has 0 radical (unpaired) electrons. The molecule has 1 aromatic carbocycles. The number of phenolic OH excluding ortho intramolecular Hbond substituents is 1. The molecule has 0 heterocycles. The number of aromatic hydroxyl groups is 1. The van der Waals surface area contributed by atoms with Crippen LogP contribution in [0.25, 0.3) is 0 Å². The molecule has 0 aliphatic carbocycles. The normalized spacial score (nSPS) is 13.8. The lowest BCUT2D eigenvalue weighted by molar-refractivity contribution is -0.126. The topological polar surface area (TPSA) is 78.4 Å². The Labute approximate surface area is 119 Å². The van der Waals surface area contributed by atoms with Gasteiger partial charge in [-0.1, -0.05) is 26.0 Å². The third-order valence-electron chi connectivity index (χ3n) is 3.12. The number of amides is 1. The van der Waals surface area contributed by atoms with Crippen molar-refractivity contribution in [3.05, 3.63) is 29.8 Å². The summed E-state index contributed by atoms with van der Waals surface area (Å²) in [6.45, 7) is 3.87. The van der Waals surface area contributed by atoms with Gasteiger partial charge in [-0.2, -0.15) is 0 Å². The largest absolute Gasteiger partial charge is 0.508 e. The summed E-state index contributed by atoms with van der Waals surface area (Å²) in [5.74, 6) is 0.0848. The van der Waals surface area contributed by atoms with Crippen molar-refractivity contribution in [2.75, 3.05) is 7.05 Å². The Balaban J connectivity index is 2.68. The number of hydrogen-bond acceptors (Lipinski definition) is 4. The van der Waals surface area contributed by atoms with Gasteiger partial charge in [0.05, 0.1) is 12.1 Å². The molecule has 0 saturated heterocycles. The number of carbonyl (C=O) groups excluding carboxylic acids is 2. The fraction of sp³-hybridized carbons (Fsp3) is 0.467. The first kappa shape index (κ1) is 16.2. The van der Waals surface area contributed by atoms with Crippen molar-refractivity contribution in [3.8, 4) is 5.75 Å².